The second kappa shape index (κ2) is 8.60. The van der Waals surface area contributed by atoms with E-state index < -0.39 is 6.04 Å². The third-order valence-electron chi connectivity index (χ3n) is 4.36. The van der Waals surface area contributed by atoms with Crippen LogP contribution >= 0.6 is 0 Å². The Kier molecular flexibility index (Phi) is 5.99. The fraction of sp³-hybridized carbons (Fsp3) is 0.300. The van der Waals surface area contributed by atoms with Crippen LogP contribution in [0.4, 0.5) is 5.69 Å². The highest BCUT2D eigenvalue weighted by Crippen LogP contribution is 2.20. The van der Waals surface area contributed by atoms with Crippen molar-refractivity contribution < 1.29 is 14.3 Å². The normalized spacial score (nSPS) is 15.3. The van der Waals surface area contributed by atoms with Crippen LogP contribution in [0.1, 0.15) is 28.4 Å². The smallest absolute Gasteiger partial charge is 0.256 e. The van der Waals surface area contributed by atoms with Crippen molar-refractivity contribution in [3.63, 3.8) is 0 Å². The molecule has 0 bridgehead atoms. The zero-order valence-corrected chi connectivity index (χ0v) is 14.6. The predicted molar refractivity (Wildman–Crippen MR) is 99.8 cm³/mol. The first-order valence-electron chi connectivity index (χ1n) is 8.71. The average Bonchev–Trinajstić information content (AvgIpc) is 2.69. The molecule has 0 radical (unpaired) electrons. The van der Waals surface area contributed by atoms with Crippen molar-refractivity contribution in [1.29, 1.82) is 0 Å². The number of nitrogens with zero attached hydrogens (tertiary/aromatic N) is 1. The van der Waals surface area contributed by atoms with Crippen LogP contribution in [0.3, 0.4) is 0 Å². The molecule has 0 spiro atoms. The van der Waals surface area contributed by atoms with E-state index >= 15 is 0 Å². The number of hydrogen-bond donors (Lipinski definition) is 2. The van der Waals surface area contributed by atoms with Gasteiger partial charge in [-0.05, 0) is 17.7 Å². The highest BCUT2D eigenvalue weighted by molar-refractivity contribution is 6.03. The van der Waals surface area contributed by atoms with E-state index in [1.807, 2.05) is 30.3 Å². The predicted octanol–water partition coefficient (Wildman–Crippen LogP) is 2.19. The number of benzene rings is 2. The minimum atomic E-state index is -0.390. The summed E-state index contributed by atoms with van der Waals surface area (Å²) in [7, 11) is 0. The Hall–Kier alpha value is -2.70. The summed E-state index contributed by atoms with van der Waals surface area (Å²) < 4.78 is 5.29. The summed E-state index contributed by atoms with van der Waals surface area (Å²) in [6, 6.07) is 16.1. The number of nitrogens with one attached hydrogen (secondary N) is 1. The van der Waals surface area contributed by atoms with Crippen molar-refractivity contribution in [1.82, 2.24) is 4.90 Å². The standard InChI is InChI=1S/C20H23N3O3/c21-17(15-6-2-1-3-7-15)14-19(24)22-18-9-5-4-8-16(18)20(25)23-10-12-26-13-11-23/h1-9,17H,10-14,21H2,(H,22,24). The van der Waals surface area contributed by atoms with Crippen molar-refractivity contribution in [3.8, 4) is 0 Å². The van der Waals surface area contributed by atoms with Crippen molar-refractivity contribution in [3.05, 3.63) is 65.7 Å². The molecule has 0 saturated carbocycles. The number of ether oxygens (including phenoxy) is 1. The van der Waals surface area contributed by atoms with E-state index in [1.54, 1.807) is 29.2 Å². The first-order chi connectivity index (χ1) is 12.6. The molecule has 2 aromatic rings. The molecule has 1 aliphatic rings. The number of amides is 2. The first-order valence-corrected chi connectivity index (χ1v) is 8.71. The summed E-state index contributed by atoms with van der Waals surface area (Å²) in [6.07, 6.45) is 0.143. The molecule has 1 heterocycles. The quantitative estimate of drug-likeness (QED) is 0.863. The molecular weight excluding hydrogens is 330 g/mol. The maximum absolute atomic E-state index is 12.7. The van der Waals surface area contributed by atoms with Gasteiger partial charge in [-0.3, -0.25) is 9.59 Å². The van der Waals surface area contributed by atoms with Crippen LogP contribution in [0.15, 0.2) is 54.6 Å². The van der Waals surface area contributed by atoms with Gasteiger partial charge >= 0.3 is 0 Å². The molecule has 6 nitrogen and oxygen atoms in total. The molecule has 0 aliphatic carbocycles. The topological polar surface area (TPSA) is 84.7 Å². The Morgan fingerprint density at radius 1 is 1.04 bits per heavy atom. The van der Waals surface area contributed by atoms with Crippen LogP contribution in [-0.2, 0) is 9.53 Å². The fourth-order valence-electron chi connectivity index (χ4n) is 2.93. The van der Waals surface area contributed by atoms with Crippen molar-refractivity contribution in [2.24, 2.45) is 5.73 Å². The lowest BCUT2D eigenvalue weighted by Crippen LogP contribution is -2.41. The zero-order valence-electron chi connectivity index (χ0n) is 14.6. The minimum absolute atomic E-state index is 0.100. The third-order valence-corrected chi connectivity index (χ3v) is 4.36. The van der Waals surface area contributed by atoms with E-state index in [0.717, 1.165) is 5.56 Å². The number of para-hydroxylation sites is 1. The van der Waals surface area contributed by atoms with Crippen LogP contribution in [0.25, 0.3) is 0 Å². The van der Waals surface area contributed by atoms with Crippen molar-refractivity contribution in [2.45, 2.75) is 12.5 Å². The number of morpholine rings is 1. The van der Waals surface area contributed by atoms with Crippen LogP contribution in [0.5, 0.6) is 0 Å². The van der Waals surface area contributed by atoms with Crippen molar-refractivity contribution >= 4 is 17.5 Å². The first kappa shape index (κ1) is 18.1. The number of carbonyl (C=O) groups excluding carboxylic acids is 2. The van der Waals surface area contributed by atoms with Crippen LogP contribution < -0.4 is 11.1 Å². The molecule has 1 saturated heterocycles. The molecule has 3 N–H and O–H groups in total. The number of hydrogen-bond acceptors (Lipinski definition) is 4. The number of nitrogens with two attached hydrogens (primary N) is 1. The van der Waals surface area contributed by atoms with Gasteiger partial charge in [-0.2, -0.15) is 0 Å². The molecule has 1 atom stereocenters. The highest BCUT2D eigenvalue weighted by Gasteiger charge is 2.22. The van der Waals surface area contributed by atoms with Gasteiger partial charge in [-0.15, -0.1) is 0 Å². The second-order valence-corrected chi connectivity index (χ2v) is 6.22. The lowest BCUT2D eigenvalue weighted by atomic mass is 10.0. The molecule has 1 aliphatic heterocycles. The second-order valence-electron chi connectivity index (χ2n) is 6.22. The molecule has 1 fully saturated rings. The fourth-order valence-corrected chi connectivity index (χ4v) is 2.93. The van der Waals surface area contributed by atoms with Gasteiger partial charge in [-0.1, -0.05) is 42.5 Å². The van der Waals surface area contributed by atoms with E-state index in [9.17, 15) is 9.59 Å². The van der Waals surface area contributed by atoms with E-state index in [1.165, 1.54) is 0 Å². The minimum Gasteiger partial charge on any atom is -0.378 e. The Balaban J connectivity index is 1.67. The maximum Gasteiger partial charge on any atom is 0.256 e. The van der Waals surface area contributed by atoms with Crippen molar-refractivity contribution in [2.75, 3.05) is 31.6 Å². The van der Waals surface area contributed by atoms with Gasteiger partial charge in [0.2, 0.25) is 5.91 Å². The van der Waals surface area contributed by atoms with E-state index in [4.69, 9.17) is 10.5 Å². The van der Waals surface area contributed by atoms with Gasteiger partial charge in [0.1, 0.15) is 0 Å². The Bertz CT molecular complexity index is 758. The van der Waals surface area contributed by atoms with Crippen LogP contribution in [0.2, 0.25) is 0 Å². The average molecular weight is 353 g/mol. The third kappa shape index (κ3) is 4.47. The van der Waals surface area contributed by atoms with Gasteiger partial charge < -0.3 is 20.7 Å². The SMILES string of the molecule is NC(CC(=O)Nc1ccccc1C(=O)N1CCOCC1)c1ccccc1. The lowest BCUT2D eigenvalue weighted by molar-refractivity contribution is -0.116. The van der Waals surface area contributed by atoms with E-state index in [2.05, 4.69) is 5.32 Å². The molecule has 2 aromatic carbocycles. The lowest BCUT2D eigenvalue weighted by Gasteiger charge is -2.27. The Morgan fingerprint density at radius 2 is 1.69 bits per heavy atom. The molecule has 2 amide bonds. The van der Waals surface area contributed by atoms with Crippen LogP contribution in [-0.4, -0.2) is 43.0 Å². The molecule has 3 rings (SSSR count). The van der Waals surface area contributed by atoms with Gasteiger partial charge in [0.15, 0.2) is 0 Å². The van der Waals surface area contributed by atoms with E-state index in [0.29, 0.717) is 37.6 Å². The number of rotatable bonds is 5. The zero-order chi connectivity index (χ0) is 18.4. The number of carbonyl (C=O) groups is 2. The summed E-state index contributed by atoms with van der Waals surface area (Å²) in [5.41, 5.74) is 8.01. The van der Waals surface area contributed by atoms with Gasteiger partial charge in [-0.25, -0.2) is 0 Å². The largest absolute Gasteiger partial charge is 0.378 e. The van der Waals surface area contributed by atoms with E-state index in [-0.39, 0.29) is 18.2 Å². The van der Waals surface area contributed by atoms with Gasteiger partial charge in [0, 0.05) is 25.6 Å². The maximum atomic E-state index is 12.7. The molecule has 26 heavy (non-hydrogen) atoms. The molecule has 1 unspecified atom stereocenters. The summed E-state index contributed by atoms with van der Waals surface area (Å²) in [5.74, 6) is -0.319. The summed E-state index contributed by atoms with van der Waals surface area (Å²) in [5, 5.41) is 2.83. The summed E-state index contributed by atoms with van der Waals surface area (Å²) >= 11 is 0. The molecule has 6 heteroatoms. The molecule has 0 aromatic heterocycles. The van der Waals surface area contributed by atoms with Gasteiger partial charge in [0.25, 0.3) is 5.91 Å². The molecule has 136 valence electrons. The highest BCUT2D eigenvalue weighted by atomic mass is 16.5. The Labute approximate surface area is 152 Å². The number of anilines is 1. The Morgan fingerprint density at radius 3 is 2.42 bits per heavy atom. The van der Waals surface area contributed by atoms with Crippen LogP contribution in [0, 0.1) is 0 Å². The monoisotopic (exact) mass is 353 g/mol. The van der Waals surface area contributed by atoms with Gasteiger partial charge in [0.05, 0.1) is 24.5 Å². The summed E-state index contributed by atoms with van der Waals surface area (Å²) in [4.78, 5) is 26.9. The molecular formula is C20H23N3O3. The summed E-state index contributed by atoms with van der Waals surface area (Å²) in [6.45, 7) is 2.18.